The molecule has 0 radical (unpaired) electrons. The number of rotatable bonds is 3. The van der Waals surface area contributed by atoms with E-state index >= 15 is 0 Å². The summed E-state index contributed by atoms with van der Waals surface area (Å²) in [4.78, 5) is 0. The van der Waals surface area contributed by atoms with Gasteiger partial charge in [0, 0.05) is 12.6 Å². The molecule has 2 atom stereocenters. The Balaban J connectivity index is 2.10. The lowest BCUT2D eigenvalue weighted by Crippen LogP contribution is -2.27. The fraction of sp³-hybridized carbons (Fsp3) is 0.538. The van der Waals surface area contributed by atoms with Crippen molar-refractivity contribution in [3.8, 4) is 0 Å². The molecular formula is C13H19NO. The van der Waals surface area contributed by atoms with Gasteiger partial charge in [0.05, 0.1) is 6.10 Å². The second-order valence-electron chi connectivity index (χ2n) is 4.55. The lowest BCUT2D eigenvalue weighted by molar-refractivity contribution is 0.186. The number of hydrogen-bond donors (Lipinski definition) is 2. The van der Waals surface area contributed by atoms with Gasteiger partial charge in [0.25, 0.3) is 0 Å². The smallest absolute Gasteiger partial charge is 0.0636 e. The molecular weight excluding hydrogens is 186 g/mol. The Hall–Kier alpha value is -0.860. The number of nitrogens with one attached hydrogen (secondary N) is 1. The number of benzene rings is 1. The van der Waals surface area contributed by atoms with Gasteiger partial charge in [-0.1, -0.05) is 23.8 Å². The molecule has 0 aliphatic heterocycles. The number of aryl methyl sites for hydroxylation is 2. The first-order valence-corrected chi connectivity index (χ1v) is 5.67. The molecule has 1 aromatic rings. The Morgan fingerprint density at radius 3 is 3.07 bits per heavy atom. The van der Waals surface area contributed by atoms with Crippen LogP contribution in [0.15, 0.2) is 18.2 Å². The van der Waals surface area contributed by atoms with Crippen molar-refractivity contribution in [2.24, 2.45) is 0 Å². The number of aliphatic hydroxyl groups excluding tert-OH is 1. The van der Waals surface area contributed by atoms with Crippen molar-refractivity contribution in [3.63, 3.8) is 0 Å². The van der Waals surface area contributed by atoms with Crippen LogP contribution in [0.3, 0.4) is 0 Å². The lowest BCUT2D eigenvalue weighted by atomic mass is 10.1. The minimum atomic E-state index is -0.265. The van der Waals surface area contributed by atoms with E-state index in [1.165, 1.54) is 16.7 Å². The fourth-order valence-electron chi connectivity index (χ4n) is 2.25. The summed E-state index contributed by atoms with van der Waals surface area (Å²) in [6.07, 6.45) is 2.05. The van der Waals surface area contributed by atoms with Crippen LogP contribution in [0.25, 0.3) is 0 Å². The summed E-state index contributed by atoms with van der Waals surface area (Å²) in [5, 5.41) is 12.7. The monoisotopic (exact) mass is 205 g/mol. The molecule has 15 heavy (non-hydrogen) atoms. The maximum atomic E-state index is 9.25. The summed E-state index contributed by atoms with van der Waals surface area (Å²) in [6.45, 7) is 4.63. The molecule has 1 unspecified atom stereocenters. The molecule has 0 heterocycles. The molecule has 2 heteroatoms. The standard InChI is InChI=1S/C13H19NO/c1-9-3-4-11-5-6-13(12(11)7-9)14-8-10(2)15/h3-4,7,10,13-15H,5-6,8H2,1-2H3/t10-,13?/m1/s1. The van der Waals surface area contributed by atoms with E-state index < -0.39 is 0 Å². The fourth-order valence-corrected chi connectivity index (χ4v) is 2.25. The Labute approximate surface area is 91.3 Å². The van der Waals surface area contributed by atoms with Crippen molar-refractivity contribution in [2.75, 3.05) is 6.54 Å². The molecule has 2 rings (SSSR count). The van der Waals surface area contributed by atoms with Crippen LogP contribution in [0.4, 0.5) is 0 Å². The van der Waals surface area contributed by atoms with E-state index in [0.717, 1.165) is 12.8 Å². The van der Waals surface area contributed by atoms with E-state index in [0.29, 0.717) is 12.6 Å². The predicted octanol–water partition coefficient (Wildman–Crippen LogP) is 1.95. The third kappa shape index (κ3) is 2.39. The molecule has 82 valence electrons. The number of fused-ring (bicyclic) bond motifs is 1. The third-order valence-corrected chi connectivity index (χ3v) is 3.04. The first kappa shape index (κ1) is 10.7. The van der Waals surface area contributed by atoms with Gasteiger partial charge in [0.1, 0.15) is 0 Å². The maximum absolute atomic E-state index is 9.25. The molecule has 0 amide bonds. The van der Waals surface area contributed by atoms with Gasteiger partial charge < -0.3 is 10.4 Å². The zero-order valence-corrected chi connectivity index (χ0v) is 9.46. The van der Waals surface area contributed by atoms with Gasteiger partial charge in [0.15, 0.2) is 0 Å². The van der Waals surface area contributed by atoms with Crippen LogP contribution in [-0.4, -0.2) is 17.8 Å². The molecule has 0 fully saturated rings. The normalized spacial score (nSPS) is 21.4. The molecule has 1 aromatic carbocycles. The van der Waals surface area contributed by atoms with Gasteiger partial charge in [-0.2, -0.15) is 0 Å². The molecule has 1 aliphatic rings. The number of aliphatic hydroxyl groups is 1. The number of hydrogen-bond acceptors (Lipinski definition) is 2. The summed E-state index contributed by atoms with van der Waals surface area (Å²) < 4.78 is 0. The molecule has 0 bridgehead atoms. The Morgan fingerprint density at radius 1 is 1.53 bits per heavy atom. The van der Waals surface area contributed by atoms with E-state index in [2.05, 4.69) is 30.4 Å². The first-order chi connectivity index (χ1) is 7.16. The highest BCUT2D eigenvalue weighted by Gasteiger charge is 2.21. The first-order valence-electron chi connectivity index (χ1n) is 5.67. The Morgan fingerprint density at radius 2 is 2.33 bits per heavy atom. The van der Waals surface area contributed by atoms with Crippen LogP contribution in [0.1, 0.15) is 36.1 Å². The lowest BCUT2D eigenvalue weighted by Gasteiger charge is -2.15. The average Bonchev–Trinajstić information content (AvgIpc) is 2.57. The Bertz CT molecular complexity index is 346. The van der Waals surface area contributed by atoms with Crippen molar-refractivity contribution in [2.45, 2.75) is 38.8 Å². The van der Waals surface area contributed by atoms with Gasteiger partial charge in [-0.3, -0.25) is 0 Å². The van der Waals surface area contributed by atoms with Crippen molar-refractivity contribution >= 4 is 0 Å². The molecule has 2 N–H and O–H groups in total. The SMILES string of the molecule is Cc1ccc2c(c1)C(NC[C@@H](C)O)CC2. The molecule has 0 spiro atoms. The summed E-state index contributed by atoms with van der Waals surface area (Å²) in [5.74, 6) is 0. The van der Waals surface area contributed by atoms with E-state index in [4.69, 9.17) is 0 Å². The predicted molar refractivity (Wildman–Crippen MR) is 61.9 cm³/mol. The van der Waals surface area contributed by atoms with Gasteiger partial charge >= 0.3 is 0 Å². The minimum Gasteiger partial charge on any atom is -0.392 e. The van der Waals surface area contributed by atoms with Crippen LogP contribution in [-0.2, 0) is 6.42 Å². The molecule has 0 aromatic heterocycles. The van der Waals surface area contributed by atoms with E-state index in [1.807, 2.05) is 6.92 Å². The van der Waals surface area contributed by atoms with Gasteiger partial charge in [-0.05, 0) is 37.8 Å². The minimum absolute atomic E-state index is 0.265. The Kier molecular flexibility index (Phi) is 3.08. The summed E-state index contributed by atoms with van der Waals surface area (Å²) >= 11 is 0. The second kappa shape index (κ2) is 4.33. The average molecular weight is 205 g/mol. The molecule has 2 nitrogen and oxygen atoms in total. The topological polar surface area (TPSA) is 32.3 Å². The van der Waals surface area contributed by atoms with Crippen LogP contribution >= 0.6 is 0 Å². The van der Waals surface area contributed by atoms with Gasteiger partial charge in [0.2, 0.25) is 0 Å². The zero-order valence-electron chi connectivity index (χ0n) is 9.46. The third-order valence-electron chi connectivity index (χ3n) is 3.04. The van der Waals surface area contributed by atoms with Crippen LogP contribution in [0.2, 0.25) is 0 Å². The maximum Gasteiger partial charge on any atom is 0.0636 e. The molecule has 0 saturated carbocycles. The zero-order chi connectivity index (χ0) is 10.8. The quantitative estimate of drug-likeness (QED) is 0.790. The van der Waals surface area contributed by atoms with Crippen LogP contribution in [0, 0.1) is 6.92 Å². The highest BCUT2D eigenvalue weighted by molar-refractivity contribution is 5.37. The summed E-state index contributed by atoms with van der Waals surface area (Å²) in [6, 6.07) is 7.11. The molecule has 0 saturated heterocycles. The summed E-state index contributed by atoms with van der Waals surface area (Å²) in [5.41, 5.74) is 4.21. The van der Waals surface area contributed by atoms with Crippen molar-refractivity contribution < 1.29 is 5.11 Å². The van der Waals surface area contributed by atoms with Crippen molar-refractivity contribution in [1.29, 1.82) is 0 Å². The van der Waals surface area contributed by atoms with E-state index in [9.17, 15) is 5.11 Å². The van der Waals surface area contributed by atoms with Gasteiger partial charge in [-0.25, -0.2) is 0 Å². The summed E-state index contributed by atoms with van der Waals surface area (Å²) in [7, 11) is 0. The largest absolute Gasteiger partial charge is 0.392 e. The van der Waals surface area contributed by atoms with Crippen LogP contribution < -0.4 is 5.32 Å². The van der Waals surface area contributed by atoms with E-state index in [-0.39, 0.29) is 6.10 Å². The van der Waals surface area contributed by atoms with E-state index in [1.54, 1.807) is 0 Å². The van der Waals surface area contributed by atoms with Crippen LogP contribution in [0.5, 0.6) is 0 Å². The van der Waals surface area contributed by atoms with Gasteiger partial charge in [-0.15, -0.1) is 0 Å². The second-order valence-corrected chi connectivity index (χ2v) is 4.55. The highest BCUT2D eigenvalue weighted by atomic mass is 16.3. The highest BCUT2D eigenvalue weighted by Crippen LogP contribution is 2.31. The van der Waals surface area contributed by atoms with Crippen molar-refractivity contribution in [3.05, 3.63) is 34.9 Å². The molecule has 1 aliphatic carbocycles. The van der Waals surface area contributed by atoms with Crippen molar-refractivity contribution in [1.82, 2.24) is 5.32 Å².